The molecule has 3 aromatic rings. The lowest BCUT2D eigenvalue weighted by molar-refractivity contribution is -0.0440. The number of benzene rings is 2. The molecule has 2 heterocycles. The molecule has 0 unspecified atom stereocenters. The molecule has 1 aromatic heterocycles. The number of anilines is 2. The molecule has 1 saturated heterocycles. The molecule has 0 radical (unpaired) electrons. The lowest BCUT2D eigenvalue weighted by Crippen LogP contribution is -2.48. The van der Waals surface area contributed by atoms with E-state index in [9.17, 15) is 21.6 Å². The first-order valence-electron chi connectivity index (χ1n) is 11.4. The molecule has 37 heavy (non-hydrogen) atoms. The Hall–Kier alpha value is -3.39. The first kappa shape index (κ1) is 26.7. The maximum Gasteiger partial charge on any atom is 0.264 e. The minimum Gasteiger partial charge on any atom is -0.373 e. The molecule has 2 aromatic carbocycles. The van der Waals surface area contributed by atoms with Crippen molar-refractivity contribution < 1.29 is 26.4 Å². The van der Waals surface area contributed by atoms with Crippen LogP contribution in [-0.4, -0.2) is 62.3 Å². The summed E-state index contributed by atoms with van der Waals surface area (Å²) >= 11 is 0. The van der Waals surface area contributed by atoms with Crippen molar-refractivity contribution in [2.45, 2.75) is 42.8 Å². The lowest BCUT2D eigenvalue weighted by atomic mass is 10.2. The van der Waals surface area contributed by atoms with Crippen LogP contribution < -0.4 is 10.0 Å². The van der Waals surface area contributed by atoms with Crippen LogP contribution in [0.3, 0.4) is 0 Å². The number of aromatic nitrogens is 2. The normalized spacial score (nSPS) is 18.8. The van der Waals surface area contributed by atoms with Crippen LogP contribution in [-0.2, 0) is 24.8 Å². The number of hydrogen-bond donors (Lipinski definition) is 2. The van der Waals surface area contributed by atoms with E-state index < -0.39 is 26.0 Å². The number of sulfonamides is 2. The smallest absolute Gasteiger partial charge is 0.264 e. The monoisotopic (exact) mass is 545 g/mol. The third-order valence-electron chi connectivity index (χ3n) is 5.58. The van der Waals surface area contributed by atoms with Crippen LogP contribution >= 0.6 is 0 Å². The zero-order valence-corrected chi connectivity index (χ0v) is 22.1. The van der Waals surface area contributed by atoms with Crippen LogP contribution in [0.5, 0.6) is 0 Å². The number of nitrogens with one attached hydrogen (secondary N) is 2. The van der Waals surface area contributed by atoms with Gasteiger partial charge in [0, 0.05) is 36.2 Å². The topological polar surface area (TPSA) is 148 Å². The van der Waals surface area contributed by atoms with Gasteiger partial charge in [-0.1, -0.05) is 0 Å². The number of morpholine rings is 1. The summed E-state index contributed by atoms with van der Waals surface area (Å²) < 4.78 is 60.5. The Morgan fingerprint density at radius 3 is 2.11 bits per heavy atom. The average Bonchev–Trinajstić information content (AvgIpc) is 2.83. The van der Waals surface area contributed by atoms with Crippen molar-refractivity contribution in [2.75, 3.05) is 23.1 Å². The number of amides is 1. The van der Waals surface area contributed by atoms with Crippen LogP contribution in [0, 0.1) is 6.92 Å². The number of carbonyl (C=O) groups is 1. The molecule has 4 rings (SSSR count). The van der Waals surface area contributed by atoms with Gasteiger partial charge in [-0.3, -0.25) is 4.79 Å². The van der Waals surface area contributed by atoms with Crippen LogP contribution in [0.4, 0.5) is 11.6 Å². The Bertz CT molecular complexity index is 1480. The van der Waals surface area contributed by atoms with Gasteiger partial charge < -0.3 is 10.1 Å². The Labute approximate surface area is 216 Å². The fourth-order valence-corrected chi connectivity index (χ4v) is 6.39. The summed E-state index contributed by atoms with van der Waals surface area (Å²) in [5, 5.41) is 2.67. The molecule has 2 atom stereocenters. The van der Waals surface area contributed by atoms with Crippen LogP contribution in [0.15, 0.2) is 70.6 Å². The van der Waals surface area contributed by atoms with E-state index in [2.05, 4.69) is 20.0 Å². The van der Waals surface area contributed by atoms with Crippen molar-refractivity contribution in [3.05, 3.63) is 72.1 Å². The fourth-order valence-electron chi connectivity index (χ4n) is 3.85. The van der Waals surface area contributed by atoms with Gasteiger partial charge in [0.05, 0.1) is 22.0 Å². The molecule has 0 spiro atoms. The van der Waals surface area contributed by atoms with E-state index in [-0.39, 0.29) is 46.6 Å². The maximum atomic E-state index is 13.0. The van der Waals surface area contributed by atoms with Gasteiger partial charge in [-0.25, -0.2) is 31.5 Å². The van der Waals surface area contributed by atoms with E-state index in [0.717, 1.165) is 0 Å². The molecule has 13 heteroatoms. The minimum atomic E-state index is -3.92. The molecule has 1 aliphatic rings. The number of aryl methyl sites for hydroxylation is 1. The first-order valence-corrected chi connectivity index (χ1v) is 14.4. The summed E-state index contributed by atoms with van der Waals surface area (Å²) in [6.07, 6.45) is 1.03. The van der Waals surface area contributed by atoms with Gasteiger partial charge in [0.2, 0.25) is 16.0 Å². The second kappa shape index (κ2) is 10.5. The highest BCUT2D eigenvalue weighted by Gasteiger charge is 2.32. The average molecular weight is 546 g/mol. The fraction of sp³-hybridized carbons (Fsp3) is 0.292. The summed E-state index contributed by atoms with van der Waals surface area (Å²) in [4.78, 5) is 20.7. The number of hydrogen-bond acceptors (Lipinski definition) is 8. The molecule has 0 aliphatic carbocycles. The number of ether oxygens (including phenoxy) is 1. The number of nitrogens with zero attached hydrogens (tertiary/aromatic N) is 3. The third kappa shape index (κ3) is 6.31. The standard InChI is InChI=1S/C24H27N5O6S2/c1-16-12-13-25-24(26-16)28-36(31,32)21-10-6-20(7-11-21)27-23(30)19-4-8-22(9-5-19)37(33,34)29-14-17(2)35-18(3)15-29/h4-13,17-18H,14-15H2,1-3H3,(H,27,30)(H,25,26,28)/t17-,18-/m0/s1. The Morgan fingerprint density at radius 1 is 0.919 bits per heavy atom. The van der Waals surface area contributed by atoms with Crippen molar-refractivity contribution in [1.29, 1.82) is 0 Å². The summed E-state index contributed by atoms with van der Waals surface area (Å²) in [7, 11) is -7.64. The molecule has 1 amide bonds. The number of carbonyl (C=O) groups excluding carboxylic acids is 1. The number of rotatable bonds is 7. The van der Waals surface area contributed by atoms with Crippen molar-refractivity contribution in [3.8, 4) is 0 Å². The van der Waals surface area contributed by atoms with Crippen LogP contribution in [0.2, 0.25) is 0 Å². The zero-order valence-electron chi connectivity index (χ0n) is 20.5. The quantitative estimate of drug-likeness (QED) is 0.460. The van der Waals surface area contributed by atoms with Gasteiger partial charge in [0.15, 0.2) is 0 Å². The van der Waals surface area contributed by atoms with E-state index in [1.54, 1.807) is 13.0 Å². The van der Waals surface area contributed by atoms with Gasteiger partial charge in [-0.05, 0) is 75.4 Å². The van der Waals surface area contributed by atoms with Gasteiger partial charge in [-0.15, -0.1) is 0 Å². The van der Waals surface area contributed by atoms with E-state index in [0.29, 0.717) is 11.4 Å². The highest BCUT2D eigenvalue weighted by Crippen LogP contribution is 2.22. The predicted molar refractivity (Wildman–Crippen MR) is 137 cm³/mol. The van der Waals surface area contributed by atoms with Crippen molar-refractivity contribution in [1.82, 2.24) is 14.3 Å². The zero-order chi connectivity index (χ0) is 26.8. The van der Waals surface area contributed by atoms with Gasteiger partial charge in [-0.2, -0.15) is 4.31 Å². The molecule has 0 saturated carbocycles. The van der Waals surface area contributed by atoms with Gasteiger partial charge >= 0.3 is 0 Å². The predicted octanol–water partition coefficient (Wildman–Crippen LogP) is 2.64. The van der Waals surface area contributed by atoms with E-state index in [4.69, 9.17) is 4.74 Å². The molecule has 2 N–H and O–H groups in total. The first-order chi connectivity index (χ1) is 17.4. The van der Waals surface area contributed by atoms with Crippen LogP contribution in [0.1, 0.15) is 29.9 Å². The van der Waals surface area contributed by atoms with E-state index >= 15 is 0 Å². The Balaban J connectivity index is 1.42. The van der Waals surface area contributed by atoms with Gasteiger partial charge in [0.1, 0.15) is 0 Å². The molecule has 1 aliphatic heterocycles. The Morgan fingerprint density at radius 2 is 1.51 bits per heavy atom. The summed E-state index contributed by atoms with van der Waals surface area (Å²) in [5.74, 6) is -0.514. The maximum absolute atomic E-state index is 13.0. The summed E-state index contributed by atoms with van der Waals surface area (Å²) in [6, 6.07) is 12.9. The molecule has 1 fully saturated rings. The van der Waals surface area contributed by atoms with E-state index in [1.165, 1.54) is 59.0 Å². The molecular weight excluding hydrogens is 518 g/mol. The van der Waals surface area contributed by atoms with Gasteiger partial charge in [0.25, 0.3) is 15.9 Å². The minimum absolute atomic E-state index is 0.0306. The van der Waals surface area contributed by atoms with Crippen molar-refractivity contribution >= 4 is 37.6 Å². The van der Waals surface area contributed by atoms with Crippen molar-refractivity contribution in [3.63, 3.8) is 0 Å². The van der Waals surface area contributed by atoms with E-state index in [1.807, 2.05) is 13.8 Å². The molecular formula is C24H27N5O6S2. The SMILES string of the molecule is Cc1ccnc(NS(=O)(=O)c2ccc(NC(=O)c3ccc(S(=O)(=O)N4C[C@H](C)O[C@@H](C)C4)cc3)cc2)n1. The summed E-state index contributed by atoms with van der Waals surface area (Å²) in [6.45, 7) is 5.88. The highest BCUT2D eigenvalue weighted by atomic mass is 32.2. The Kier molecular flexibility index (Phi) is 7.59. The third-order valence-corrected chi connectivity index (χ3v) is 8.77. The molecule has 11 nitrogen and oxygen atoms in total. The van der Waals surface area contributed by atoms with Crippen molar-refractivity contribution in [2.24, 2.45) is 0 Å². The largest absolute Gasteiger partial charge is 0.373 e. The highest BCUT2D eigenvalue weighted by molar-refractivity contribution is 7.92. The second-order valence-electron chi connectivity index (χ2n) is 8.71. The second-order valence-corrected chi connectivity index (χ2v) is 12.3. The molecule has 0 bridgehead atoms. The summed E-state index contributed by atoms with van der Waals surface area (Å²) in [5.41, 5.74) is 1.23. The lowest BCUT2D eigenvalue weighted by Gasteiger charge is -2.34. The molecule has 196 valence electrons. The van der Waals surface area contributed by atoms with Crippen LogP contribution in [0.25, 0.3) is 0 Å².